The molecule has 5 heteroatoms. The van der Waals surface area contributed by atoms with E-state index in [4.69, 9.17) is 4.74 Å². The molecular weight excluding hydrogens is 200 g/mol. The molecule has 4 nitrogen and oxygen atoms in total. The molecule has 0 spiro atoms. The monoisotopic (exact) mass is 208 g/mol. The third-order valence-corrected chi connectivity index (χ3v) is 3.52. The Hall–Kier alpha value is -1.20. The Bertz CT molecular complexity index is 543. The summed E-state index contributed by atoms with van der Waals surface area (Å²) in [6.45, 7) is 1.32. The summed E-state index contributed by atoms with van der Waals surface area (Å²) < 4.78 is 5.34. The van der Waals surface area contributed by atoms with Gasteiger partial charge in [-0.25, -0.2) is 4.98 Å². The minimum atomic E-state index is -0.0330. The van der Waals surface area contributed by atoms with Gasteiger partial charge < -0.3 is 9.72 Å². The lowest BCUT2D eigenvalue weighted by atomic mass is 10.1. The van der Waals surface area contributed by atoms with E-state index in [1.165, 1.54) is 6.33 Å². The summed E-state index contributed by atoms with van der Waals surface area (Å²) in [6, 6.07) is 0. The molecule has 0 bridgehead atoms. The van der Waals surface area contributed by atoms with Crippen LogP contribution in [0, 0.1) is 0 Å². The van der Waals surface area contributed by atoms with Crippen molar-refractivity contribution in [2.45, 2.75) is 13.0 Å². The highest BCUT2D eigenvalue weighted by molar-refractivity contribution is 7.18. The number of rotatable bonds is 0. The quantitative estimate of drug-likeness (QED) is 0.704. The molecule has 0 fully saturated rings. The van der Waals surface area contributed by atoms with Crippen molar-refractivity contribution >= 4 is 21.6 Å². The van der Waals surface area contributed by atoms with E-state index in [1.807, 2.05) is 0 Å². The molecule has 72 valence electrons. The molecule has 0 unspecified atom stereocenters. The van der Waals surface area contributed by atoms with Gasteiger partial charge in [-0.2, -0.15) is 0 Å². The fourth-order valence-electron chi connectivity index (χ4n) is 1.76. The molecule has 0 saturated carbocycles. The highest BCUT2D eigenvalue weighted by atomic mass is 32.1. The second-order valence-corrected chi connectivity index (χ2v) is 4.30. The largest absolute Gasteiger partial charge is 0.376 e. The van der Waals surface area contributed by atoms with E-state index in [1.54, 1.807) is 11.3 Å². The predicted octanol–water partition coefficient (Wildman–Crippen LogP) is 1.06. The molecule has 1 N–H and O–H groups in total. The van der Waals surface area contributed by atoms with Gasteiger partial charge in [0, 0.05) is 4.88 Å². The van der Waals surface area contributed by atoms with Crippen LogP contribution >= 0.6 is 11.3 Å². The lowest BCUT2D eigenvalue weighted by molar-refractivity contribution is 0.114. The Morgan fingerprint density at radius 3 is 3.43 bits per heavy atom. The van der Waals surface area contributed by atoms with Gasteiger partial charge in [0.2, 0.25) is 0 Å². The third-order valence-electron chi connectivity index (χ3n) is 2.41. The lowest BCUT2D eigenvalue weighted by Gasteiger charge is -2.10. The van der Waals surface area contributed by atoms with E-state index in [-0.39, 0.29) is 5.56 Å². The van der Waals surface area contributed by atoms with Crippen LogP contribution in [0.1, 0.15) is 10.4 Å². The summed E-state index contributed by atoms with van der Waals surface area (Å²) in [5.74, 6) is 0. The zero-order chi connectivity index (χ0) is 9.54. The predicted molar refractivity (Wildman–Crippen MR) is 53.6 cm³/mol. The Morgan fingerprint density at radius 2 is 2.50 bits per heavy atom. The van der Waals surface area contributed by atoms with Gasteiger partial charge >= 0.3 is 0 Å². The Labute approximate surface area is 83.6 Å². The van der Waals surface area contributed by atoms with Crippen LogP contribution < -0.4 is 5.56 Å². The van der Waals surface area contributed by atoms with Crippen LogP contribution in [0.25, 0.3) is 10.2 Å². The summed E-state index contributed by atoms with van der Waals surface area (Å²) >= 11 is 1.56. The lowest BCUT2D eigenvalue weighted by Crippen LogP contribution is -2.11. The molecule has 0 atom stereocenters. The maximum atomic E-state index is 11.6. The van der Waals surface area contributed by atoms with Crippen molar-refractivity contribution in [2.75, 3.05) is 6.61 Å². The summed E-state index contributed by atoms with van der Waals surface area (Å²) in [7, 11) is 0. The van der Waals surface area contributed by atoms with Gasteiger partial charge in [-0.1, -0.05) is 0 Å². The van der Waals surface area contributed by atoms with E-state index in [2.05, 4.69) is 9.97 Å². The fraction of sp³-hybridized carbons (Fsp3) is 0.333. The van der Waals surface area contributed by atoms with E-state index in [9.17, 15) is 4.79 Å². The van der Waals surface area contributed by atoms with E-state index < -0.39 is 0 Å². The van der Waals surface area contributed by atoms with Gasteiger partial charge in [0.1, 0.15) is 4.83 Å². The van der Waals surface area contributed by atoms with Gasteiger partial charge in [-0.05, 0) is 12.0 Å². The van der Waals surface area contributed by atoms with E-state index in [0.29, 0.717) is 13.2 Å². The number of aromatic nitrogens is 2. The highest BCUT2D eigenvalue weighted by Gasteiger charge is 2.18. The molecule has 0 aliphatic carbocycles. The van der Waals surface area contributed by atoms with Crippen molar-refractivity contribution in [3.05, 3.63) is 27.1 Å². The molecule has 2 aromatic rings. The summed E-state index contributed by atoms with van der Waals surface area (Å²) in [4.78, 5) is 20.3. The van der Waals surface area contributed by atoms with Crippen molar-refractivity contribution in [3.8, 4) is 0 Å². The Balaban J connectivity index is 2.44. The average molecular weight is 208 g/mol. The number of H-pyrrole nitrogens is 1. The number of aromatic amines is 1. The zero-order valence-corrected chi connectivity index (χ0v) is 8.19. The molecule has 3 rings (SSSR count). The maximum absolute atomic E-state index is 11.6. The van der Waals surface area contributed by atoms with Crippen molar-refractivity contribution < 1.29 is 4.74 Å². The number of ether oxygens (including phenoxy) is 1. The zero-order valence-electron chi connectivity index (χ0n) is 7.37. The number of hydrogen-bond acceptors (Lipinski definition) is 4. The first-order valence-corrected chi connectivity index (χ1v) is 5.23. The second-order valence-electron chi connectivity index (χ2n) is 3.22. The van der Waals surface area contributed by atoms with Gasteiger partial charge in [0.25, 0.3) is 5.56 Å². The Kier molecular flexibility index (Phi) is 1.68. The van der Waals surface area contributed by atoms with Crippen molar-refractivity contribution in [1.29, 1.82) is 0 Å². The van der Waals surface area contributed by atoms with Crippen LogP contribution in [0.15, 0.2) is 11.1 Å². The molecule has 14 heavy (non-hydrogen) atoms. The number of thiophene rings is 1. The number of nitrogens with zero attached hydrogens (tertiary/aromatic N) is 1. The maximum Gasteiger partial charge on any atom is 0.259 e. The summed E-state index contributed by atoms with van der Waals surface area (Å²) in [5, 5.41) is 0.760. The van der Waals surface area contributed by atoms with E-state index >= 15 is 0 Å². The van der Waals surface area contributed by atoms with Crippen molar-refractivity contribution in [3.63, 3.8) is 0 Å². The molecule has 0 aromatic carbocycles. The molecule has 1 aliphatic heterocycles. The average Bonchev–Trinajstić information content (AvgIpc) is 2.57. The molecule has 2 aromatic heterocycles. The normalized spacial score (nSPS) is 15.7. The number of hydrogen-bond donors (Lipinski definition) is 1. The van der Waals surface area contributed by atoms with Gasteiger partial charge in [-0.15, -0.1) is 11.3 Å². The number of fused-ring (bicyclic) bond motifs is 3. The topological polar surface area (TPSA) is 55.0 Å². The van der Waals surface area contributed by atoms with Crippen LogP contribution in [0.4, 0.5) is 0 Å². The molecule has 0 radical (unpaired) electrons. The van der Waals surface area contributed by atoms with Crippen LogP contribution in [-0.2, 0) is 17.8 Å². The van der Waals surface area contributed by atoms with Gasteiger partial charge in [0.05, 0.1) is 24.9 Å². The Morgan fingerprint density at radius 1 is 1.57 bits per heavy atom. The van der Waals surface area contributed by atoms with Crippen LogP contribution in [0.3, 0.4) is 0 Å². The molecule has 0 saturated heterocycles. The SMILES string of the molecule is O=c1[nH]cnc2sc3c(c12)CCOC3. The minimum Gasteiger partial charge on any atom is -0.376 e. The van der Waals surface area contributed by atoms with Gasteiger partial charge in [-0.3, -0.25) is 4.79 Å². The van der Waals surface area contributed by atoms with Crippen LogP contribution in [-0.4, -0.2) is 16.6 Å². The first kappa shape index (κ1) is 8.14. The molecule has 3 heterocycles. The van der Waals surface area contributed by atoms with Crippen LogP contribution in [0.5, 0.6) is 0 Å². The smallest absolute Gasteiger partial charge is 0.259 e. The summed E-state index contributed by atoms with van der Waals surface area (Å²) in [6.07, 6.45) is 2.28. The van der Waals surface area contributed by atoms with Crippen molar-refractivity contribution in [2.24, 2.45) is 0 Å². The molecule has 0 amide bonds. The minimum absolute atomic E-state index is 0.0330. The third kappa shape index (κ3) is 1.03. The van der Waals surface area contributed by atoms with Crippen LogP contribution in [0.2, 0.25) is 0 Å². The first-order chi connectivity index (χ1) is 6.86. The first-order valence-electron chi connectivity index (χ1n) is 4.42. The summed E-state index contributed by atoms with van der Waals surface area (Å²) in [5.41, 5.74) is 1.10. The van der Waals surface area contributed by atoms with E-state index in [0.717, 1.165) is 27.1 Å². The second kappa shape index (κ2) is 2.90. The molecular formula is C9H8N2O2S. The van der Waals surface area contributed by atoms with Crippen molar-refractivity contribution in [1.82, 2.24) is 9.97 Å². The van der Waals surface area contributed by atoms with Gasteiger partial charge in [0.15, 0.2) is 0 Å². The highest BCUT2D eigenvalue weighted by Crippen LogP contribution is 2.30. The standard InChI is InChI=1S/C9H8N2O2S/c12-8-7-5-1-2-13-3-6(5)14-9(7)11-4-10-8/h4H,1-3H2,(H,10,11,12). The fourth-order valence-corrected chi connectivity index (χ4v) is 2.89. The number of nitrogens with one attached hydrogen (secondary N) is 1. The molecule has 1 aliphatic rings.